The van der Waals surface area contributed by atoms with Crippen molar-refractivity contribution in [3.8, 4) is 28.5 Å². The number of H-pyrrole nitrogens is 1. The van der Waals surface area contributed by atoms with E-state index in [0.717, 1.165) is 16.7 Å². The Hall–Kier alpha value is -4.20. The second kappa shape index (κ2) is 8.30. The van der Waals surface area contributed by atoms with Crippen LogP contribution in [0.1, 0.15) is 44.5 Å². The number of ether oxygens (including phenoxy) is 2. The van der Waals surface area contributed by atoms with Gasteiger partial charge in [0.05, 0.1) is 33.1 Å². The number of phenols is 1. The number of carbonyl (C=O) groups excluding carboxylic acids is 1. The van der Waals surface area contributed by atoms with Crippen LogP contribution in [0.25, 0.3) is 11.3 Å². The van der Waals surface area contributed by atoms with Crippen molar-refractivity contribution in [2.24, 2.45) is 0 Å². The number of hydrogen-bond donors (Lipinski definition) is 2. The number of fused-ring (bicyclic) bond motifs is 1. The number of nitrogens with one attached hydrogen (secondary N) is 1. The first-order chi connectivity index (χ1) is 16.4. The van der Waals surface area contributed by atoms with Crippen LogP contribution in [0.5, 0.6) is 17.2 Å². The minimum atomic E-state index is -0.485. The van der Waals surface area contributed by atoms with E-state index in [1.807, 2.05) is 44.2 Å². The lowest BCUT2D eigenvalue weighted by molar-refractivity contribution is 0.0717. The van der Waals surface area contributed by atoms with Gasteiger partial charge in [0.25, 0.3) is 5.91 Å². The lowest BCUT2D eigenvalue weighted by Crippen LogP contribution is -2.29. The minimum Gasteiger partial charge on any atom is -0.507 e. The molecule has 0 saturated heterocycles. The van der Waals surface area contributed by atoms with Crippen LogP contribution in [0.15, 0.2) is 53.1 Å². The number of aromatic nitrogens is 2. The molecule has 2 aromatic heterocycles. The number of aromatic amines is 1. The average molecular weight is 460 g/mol. The molecule has 0 aliphatic carbocycles. The van der Waals surface area contributed by atoms with Gasteiger partial charge in [-0.3, -0.25) is 9.89 Å². The van der Waals surface area contributed by atoms with Crippen LogP contribution in [0.3, 0.4) is 0 Å². The Bertz CT molecular complexity index is 1350. The number of benzene rings is 2. The number of phenolic OH excluding ortho intramolecular Hbond substituents is 1. The van der Waals surface area contributed by atoms with Crippen molar-refractivity contribution in [1.29, 1.82) is 0 Å². The Morgan fingerprint density at radius 1 is 1.12 bits per heavy atom. The maximum atomic E-state index is 13.5. The molecule has 34 heavy (non-hydrogen) atoms. The molecule has 1 aliphatic rings. The summed E-state index contributed by atoms with van der Waals surface area (Å²) in [6.45, 7) is 4.12. The first kappa shape index (κ1) is 21.6. The van der Waals surface area contributed by atoms with Crippen molar-refractivity contribution >= 4 is 5.91 Å². The molecule has 1 aliphatic heterocycles. The Morgan fingerprint density at radius 2 is 1.91 bits per heavy atom. The molecular formula is C26H25N3O5. The third-order valence-electron chi connectivity index (χ3n) is 6.19. The van der Waals surface area contributed by atoms with Crippen molar-refractivity contribution in [1.82, 2.24) is 15.1 Å². The van der Waals surface area contributed by atoms with E-state index in [-0.39, 0.29) is 18.2 Å². The molecule has 0 spiro atoms. The number of carbonyl (C=O) groups is 1. The van der Waals surface area contributed by atoms with Crippen LogP contribution < -0.4 is 9.47 Å². The molecule has 0 fully saturated rings. The molecule has 0 saturated carbocycles. The van der Waals surface area contributed by atoms with Gasteiger partial charge in [-0.25, -0.2) is 0 Å². The zero-order valence-corrected chi connectivity index (χ0v) is 19.4. The highest BCUT2D eigenvalue weighted by molar-refractivity contribution is 6.00. The van der Waals surface area contributed by atoms with Crippen molar-refractivity contribution in [3.63, 3.8) is 0 Å². The molecule has 2 aromatic carbocycles. The molecule has 8 heteroatoms. The Kier molecular flexibility index (Phi) is 5.28. The largest absolute Gasteiger partial charge is 0.507 e. The highest BCUT2D eigenvalue weighted by Gasteiger charge is 2.43. The SMILES string of the molecule is COc1ccc(C2c3c(-c4c(C)cc(C)cc4O)n[nH]c3C(=O)N2Cc2ccco2)cc1OC. The third-order valence-corrected chi connectivity index (χ3v) is 6.19. The Balaban J connectivity index is 1.71. The number of nitrogens with zero attached hydrogens (tertiary/aromatic N) is 2. The molecule has 1 atom stereocenters. The summed E-state index contributed by atoms with van der Waals surface area (Å²) in [6.07, 6.45) is 1.58. The number of aromatic hydroxyl groups is 1. The number of aryl methyl sites for hydroxylation is 2. The Morgan fingerprint density at radius 3 is 2.59 bits per heavy atom. The van der Waals surface area contributed by atoms with E-state index >= 15 is 0 Å². The summed E-state index contributed by atoms with van der Waals surface area (Å²) in [7, 11) is 3.15. The number of rotatable bonds is 6. The van der Waals surface area contributed by atoms with Gasteiger partial charge in [0.1, 0.15) is 22.9 Å². The molecule has 5 rings (SSSR count). The smallest absolute Gasteiger partial charge is 0.273 e. The van der Waals surface area contributed by atoms with Crippen molar-refractivity contribution in [2.75, 3.05) is 14.2 Å². The molecular weight excluding hydrogens is 434 g/mol. The lowest BCUT2D eigenvalue weighted by Gasteiger charge is -2.26. The van der Waals surface area contributed by atoms with Gasteiger partial charge in [0, 0.05) is 11.1 Å². The predicted octanol–water partition coefficient (Wildman–Crippen LogP) is 4.75. The minimum absolute atomic E-state index is 0.120. The van der Waals surface area contributed by atoms with Gasteiger partial charge in [0.15, 0.2) is 11.5 Å². The summed E-state index contributed by atoms with van der Waals surface area (Å²) in [5.41, 5.74) is 4.86. The van der Waals surface area contributed by atoms with Crippen LogP contribution in [0.4, 0.5) is 0 Å². The van der Waals surface area contributed by atoms with E-state index in [4.69, 9.17) is 13.9 Å². The molecule has 0 radical (unpaired) electrons. The Labute approximate surface area is 196 Å². The standard InChI is InChI=1S/C26H25N3O5/c1-14-10-15(2)21(18(30)11-14)23-22-24(28-27-23)26(31)29(13-17-6-5-9-34-17)25(22)16-7-8-19(32-3)20(12-16)33-4/h5-12,25,30H,13H2,1-4H3,(H,27,28). The number of amides is 1. The maximum absolute atomic E-state index is 13.5. The topological polar surface area (TPSA) is 101 Å². The van der Waals surface area contributed by atoms with Crippen LogP contribution in [-0.4, -0.2) is 40.3 Å². The van der Waals surface area contributed by atoms with Gasteiger partial charge in [-0.2, -0.15) is 5.10 Å². The van der Waals surface area contributed by atoms with Gasteiger partial charge >= 0.3 is 0 Å². The molecule has 8 nitrogen and oxygen atoms in total. The van der Waals surface area contributed by atoms with Crippen LogP contribution in [0.2, 0.25) is 0 Å². The lowest BCUT2D eigenvalue weighted by atomic mass is 9.93. The number of furan rings is 1. The number of methoxy groups -OCH3 is 2. The molecule has 174 valence electrons. The second-order valence-electron chi connectivity index (χ2n) is 8.37. The monoisotopic (exact) mass is 459 g/mol. The van der Waals surface area contributed by atoms with Crippen molar-refractivity contribution in [3.05, 3.63) is 82.4 Å². The fourth-order valence-electron chi connectivity index (χ4n) is 4.74. The summed E-state index contributed by atoms with van der Waals surface area (Å²) < 4.78 is 16.5. The van der Waals surface area contributed by atoms with E-state index < -0.39 is 6.04 Å². The van der Waals surface area contributed by atoms with Crippen molar-refractivity contribution < 1.29 is 23.8 Å². The molecule has 3 heterocycles. The van der Waals surface area contributed by atoms with Crippen molar-refractivity contribution in [2.45, 2.75) is 26.4 Å². The van der Waals surface area contributed by atoms with Crippen LogP contribution in [0, 0.1) is 13.8 Å². The first-order valence-corrected chi connectivity index (χ1v) is 10.9. The molecule has 1 unspecified atom stereocenters. The van der Waals surface area contributed by atoms with E-state index in [1.54, 1.807) is 37.5 Å². The van der Waals surface area contributed by atoms with E-state index in [1.165, 1.54) is 0 Å². The fourth-order valence-corrected chi connectivity index (χ4v) is 4.74. The summed E-state index contributed by atoms with van der Waals surface area (Å²) in [5, 5.41) is 18.2. The molecule has 1 amide bonds. The summed E-state index contributed by atoms with van der Waals surface area (Å²) in [6, 6.07) is 12.4. The quantitative estimate of drug-likeness (QED) is 0.431. The summed E-state index contributed by atoms with van der Waals surface area (Å²) >= 11 is 0. The van der Waals surface area contributed by atoms with Crippen LogP contribution in [-0.2, 0) is 6.54 Å². The van der Waals surface area contributed by atoms with E-state index in [9.17, 15) is 9.90 Å². The summed E-state index contributed by atoms with van der Waals surface area (Å²) in [5.74, 6) is 1.72. The van der Waals surface area contributed by atoms with Gasteiger partial charge < -0.3 is 23.9 Å². The number of hydrogen-bond acceptors (Lipinski definition) is 6. The van der Waals surface area contributed by atoms with E-state index in [0.29, 0.717) is 39.8 Å². The third kappa shape index (κ3) is 3.39. The fraction of sp³-hybridized carbons (Fsp3) is 0.231. The molecule has 2 N–H and O–H groups in total. The predicted molar refractivity (Wildman–Crippen MR) is 125 cm³/mol. The first-order valence-electron chi connectivity index (χ1n) is 10.9. The van der Waals surface area contributed by atoms with Gasteiger partial charge in [-0.15, -0.1) is 0 Å². The zero-order chi connectivity index (χ0) is 24.0. The second-order valence-corrected chi connectivity index (χ2v) is 8.37. The van der Waals surface area contributed by atoms with E-state index in [2.05, 4.69) is 10.2 Å². The van der Waals surface area contributed by atoms with Gasteiger partial charge in [0.2, 0.25) is 0 Å². The highest BCUT2D eigenvalue weighted by Crippen LogP contribution is 2.47. The van der Waals surface area contributed by atoms with Gasteiger partial charge in [-0.05, 0) is 60.9 Å². The highest BCUT2D eigenvalue weighted by atomic mass is 16.5. The molecule has 4 aromatic rings. The normalized spacial score (nSPS) is 15.0. The average Bonchev–Trinajstić information content (AvgIpc) is 3.53. The van der Waals surface area contributed by atoms with Gasteiger partial charge in [-0.1, -0.05) is 12.1 Å². The van der Waals surface area contributed by atoms with Crippen LogP contribution >= 0.6 is 0 Å². The zero-order valence-electron chi connectivity index (χ0n) is 19.4. The maximum Gasteiger partial charge on any atom is 0.273 e. The summed E-state index contributed by atoms with van der Waals surface area (Å²) in [4.78, 5) is 15.3. The molecule has 0 bridgehead atoms.